The van der Waals surface area contributed by atoms with E-state index in [2.05, 4.69) is 30.0 Å². The van der Waals surface area contributed by atoms with Crippen LogP contribution in [0.1, 0.15) is 57.2 Å². The molecule has 0 bridgehead atoms. The smallest absolute Gasteiger partial charge is 0.240 e. The van der Waals surface area contributed by atoms with Crippen molar-refractivity contribution in [2.75, 3.05) is 6.54 Å². The van der Waals surface area contributed by atoms with Gasteiger partial charge in [-0.15, -0.1) is 0 Å². The van der Waals surface area contributed by atoms with E-state index in [4.69, 9.17) is 0 Å². The minimum Gasteiger partial charge on any atom is -0.352 e. The maximum absolute atomic E-state index is 11.8. The van der Waals surface area contributed by atoms with Gasteiger partial charge in [0.15, 0.2) is 0 Å². The number of carbonyl (C=O) groups excluding carboxylic acids is 1. The van der Waals surface area contributed by atoms with Crippen molar-refractivity contribution in [2.45, 2.75) is 65.1 Å². The summed E-state index contributed by atoms with van der Waals surface area (Å²) in [7, 11) is 0. The van der Waals surface area contributed by atoms with Crippen molar-refractivity contribution >= 4 is 5.91 Å². The Morgan fingerprint density at radius 1 is 1.45 bits per heavy atom. The average molecular weight is 277 g/mol. The molecule has 2 rings (SSSR count). The van der Waals surface area contributed by atoms with Crippen molar-refractivity contribution in [1.82, 2.24) is 15.2 Å². The lowest BCUT2D eigenvalue weighted by atomic mass is 9.91. The van der Waals surface area contributed by atoms with Crippen LogP contribution in [0, 0.1) is 0 Å². The first-order valence-electron chi connectivity index (χ1n) is 7.81. The Balaban J connectivity index is 2.03. The first kappa shape index (κ1) is 15.1. The van der Waals surface area contributed by atoms with Gasteiger partial charge in [0.25, 0.3) is 0 Å². The molecule has 0 radical (unpaired) electrons. The van der Waals surface area contributed by atoms with Gasteiger partial charge in [-0.25, -0.2) is 0 Å². The molecule has 1 heterocycles. The predicted octanol–water partition coefficient (Wildman–Crippen LogP) is 2.39. The molecule has 1 atom stereocenters. The lowest BCUT2D eigenvalue weighted by Crippen LogP contribution is -2.32. The summed E-state index contributed by atoms with van der Waals surface area (Å²) in [5.41, 5.74) is 2.80. The van der Waals surface area contributed by atoms with E-state index in [1.807, 2.05) is 18.4 Å². The average Bonchev–Trinajstić information content (AvgIpc) is 2.77. The Bertz CT molecular complexity index is 451. The molecule has 0 saturated carbocycles. The number of aromatic nitrogens is 1. The van der Waals surface area contributed by atoms with Crippen molar-refractivity contribution in [3.8, 4) is 0 Å². The summed E-state index contributed by atoms with van der Waals surface area (Å²) in [5.74, 6) is 0.0883. The maximum atomic E-state index is 11.8. The number of nitrogens with one attached hydrogen (secondary N) is 2. The van der Waals surface area contributed by atoms with E-state index in [1.54, 1.807) is 0 Å². The molecule has 1 unspecified atom stereocenters. The second-order valence-corrected chi connectivity index (χ2v) is 6.03. The van der Waals surface area contributed by atoms with E-state index in [9.17, 15) is 4.79 Å². The molecule has 0 aromatic carbocycles. The highest BCUT2D eigenvalue weighted by molar-refractivity contribution is 5.76. The lowest BCUT2D eigenvalue weighted by Gasteiger charge is -2.23. The molecule has 0 saturated heterocycles. The van der Waals surface area contributed by atoms with Gasteiger partial charge >= 0.3 is 0 Å². The lowest BCUT2D eigenvalue weighted by molar-refractivity contribution is -0.122. The van der Waals surface area contributed by atoms with Gasteiger partial charge in [-0.05, 0) is 57.2 Å². The summed E-state index contributed by atoms with van der Waals surface area (Å²) < 4.78 is 2.04. The van der Waals surface area contributed by atoms with E-state index < -0.39 is 0 Å². The molecule has 4 heteroatoms. The van der Waals surface area contributed by atoms with Gasteiger partial charge in [0.2, 0.25) is 5.91 Å². The molecule has 0 spiro atoms. The highest BCUT2D eigenvalue weighted by Crippen LogP contribution is 2.30. The van der Waals surface area contributed by atoms with Crippen LogP contribution in [-0.4, -0.2) is 23.1 Å². The van der Waals surface area contributed by atoms with Gasteiger partial charge in [-0.2, -0.15) is 0 Å². The largest absolute Gasteiger partial charge is 0.352 e. The molecule has 4 nitrogen and oxygen atoms in total. The van der Waals surface area contributed by atoms with Crippen LogP contribution in [0.15, 0.2) is 12.4 Å². The van der Waals surface area contributed by atoms with Gasteiger partial charge in [0.05, 0.1) is 0 Å². The predicted molar refractivity (Wildman–Crippen MR) is 81.7 cm³/mol. The zero-order chi connectivity index (χ0) is 14.5. The van der Waals surface area contributed by atoms with Crippen molar-refractivity contribution in [3.63, 3.8) is 0 Å². The maximum Gasteiger partial charge on any atom is 0.240 e. The summed E-state index contributed by atoms with van der Waals surface area (Å²) in [6.45, 7) is 7.65. The summed E-state index contributed by atoms with van der Waals surface area (Å²) >= 11 is 0. The third-order valence-corrected chi connectivity index (χ3v) is 3.73. The van der Waals surface area contributed by atoms with Crippen LogP contribution in [0.4, 0.5) is 0 Å². The molecule has 1 aromatic heterocycles. The quantitative estimate of drug-likeness (QED) is 0.838. The van der Waals surface area contributed by atoms with Crippen LogP contribution >= 0.6 is 0 Å². The fourth-order valence-corrected chi connectivity index (χ4v) is 2.90. The summed E-state index contributed by atoms with van der Waals surface area (Å²) in [6, 6.07) is 0.666. The molecule has 0 fully saturated rings. The summed E-state index contributed by atoms with van der Waals surface area (Å²) in [6.07, 6.45) is 9.03. The SMILES string of the molecule is CCCNC1CCCc2cn(CC(=O)NC(C)C)cc21. The first-order chi connectivity index (χ1) is 9.60. The molecular formula is C16H27N3O. The normalized spacial score (nSPS) is 18.1. The van der Waals surface area contributed by atoms with Crippen molar-refractivity contribution in [2.24, 2.45) is 0 Å². The van der Waals surface area contributed by atoms with Crippen LogP contribution in [0.25, 0.3) is 0 Å². The minimum atomic E-state index is 0.0883. The highest BCUT2D eigenvalue weighted by Gasteiger charge is 2.21. The van der Waals surface area contributed by atoms with Crippen LogP contribution in [-0.2, 0) is 17.8 Å². The first-order valence-corrected chi connectivity index (χ1v) is 7.81. The molecule has 1 aromatic rings. The van der Waals surface area contributed by atoms with Crippen LogP contribution in [0.5, 0.6) is 0 Å². The van der Waals surface area contributed by atoms with E-state index in [0.717, 1.165) is 19.4 Å². The Labute approximate surface area is 121 Å². The topological polar surface area (TPSA) is 46.1 Å². The number of carbonyl (C=O) groups is 1. The van der Waals surface area contributed by atoms with E-state index in [0.29, 0.717) is 12.6 Å². The molecule has 112 valence electrons. The van der Waals surface area contributed by atoms with E-state index in [-0.39, 0.29) is 11.9 Å². The van der Waals surface area contributed by atoms with Crippen molar-refractivity contribution < 1.29 is 4.79 Å². The van der Waals surface area contributed by atoms with Gasteiger partial charge < -0.3 is 15.2 Å². The fourth-order valence-electron chi connectivity index (χ4n) is 2.90. The second kappa shape index (κ2) is 6.93. The third kappa shape index (κ3) is 3.85. The molecule has 20 heavy (non-hydrogen) atoms. The fraction of sp³-hybridized carbons (Fsp3) is 0.688. The number of amides is 1. The molecular weight excluding hydrogens is 250 g/mol. The molecule has 2 N–H and O–H groups in total. The monoisotopic (exact) mass is 277 g/mol. The number of nitrogens with zero attached hydrogens (tertiary/aromatic N) is 1. The number of hydrogen-bond donors (Lipinski definition) is 2. The molecule has 1 aliphatic rings. The number of aryl methyl sites for hydroxylation is 1. The zero-order valence-corrected chi connectivity index (χ0v) is 12.9. The Kier molecular flexibility index (Phi) is 5.24. The van der Waals surface area contributed by atoms with Crippen LogP contribution in [0.3, 0.4) is 0 Å². The number of rotatable bonds is 6. The standard InChI is InChI=1S/C16H27N3O/c1-4-8-17-15-7-5-6-13-9-19(10-14(13)15)11-16(20)18-12(2)3/h9-10,12,15,17H,4-8,11H2,1-3H3,(H,18,20). The van der Waals surface area contributed by atoms with Gasteiger partial charge in [0, 0.05) is 24.5 Å². The highest BCUT2D eigenvalue weighted by atomic mass is 16.2. The van der Waals surface area contributed by atoms with E-state index >= 15 is 0 Å². The third-order valence-electron chi connectivity index (χ3n) is 3.73. The molecule has 1 aliphatic carbocycles. The van der Waals surface area contributed by atoms with E-state index in [1.165, 1.54) is 24.0 Å². The zero-order valence-electron chi connectivity index (χ0n) is 12.9. The van der Waals surface area contributed by atoms with Crippen LogP contribution in [0.2, 0.25) is 0 Å². The Morgan fingerprint density at radius 2 is 2.25 bits per heavy atom. The summed E-state index contributed by atoms with van der Waals surface area (Å²) in [4.78, 5) is 11.8. The Morgan fingerprint density at radius 3 is 2.95 bits per heavy atom. The van der Waals surface area contributed by atoms with Crippen LogP contribution < -0.4 is 10.6 Å². The van der Waals surface area contributed by atoms with Gasteiger partial charge in [-0.3, -0.25) is 4.79 Å². The van der Waals surface area contributed by atoms with Crippen molar-refractivity contribution in [3.05, 3.63) is 23.5 Å². The second-order valence-electron chi connectivity index (χ2n) is 6.03. The molecule has 0 aliphatic heterocycles. The summed E-state index contributed by atoms with van der Waals surface area (Å²) in [5, 5.41) is 6.55. The van der Waals surface area contributed by atoms with Gasteiger partial charge in [-0.1, -0.05) is 6.92 Å². The molecule has 1 amide bonds. The number of fused-ring (bicyclic) bond motifs is 1. The van der Waals surface area contributed by atoms with Gasteiger partial charge in [0.1, 0.15) is 6.54 Å². The number of hydrogen-bond acceptors (Lipinski definition) is 2. The van der Waals surface area contributed by atoms with Crippen molar-refractivity contribution in [1.29, 1.82) is 0 Å². The Hall–Kier alpha value is -1.29. The minimum absolute atomic E-state index is 0.0883.